The summed E-state index contributed by atoms with van der Waals surface area (Å²) in [7, 11) is 0. The molecule has 0 aliphatic carbocycles. The number of amides is 2. The molecule has 3 rings (SSSR count). The number of nitrogens with one attached hydrogen (secondary N) is 1. The number of nitrogens with zero attached hydrogens (tertiary/aromatic N) is 2. The molecular formula is C18H21N3O3. The molecule has 0 unspecified atom stereocenters. The van der Waals surface area contributed by atoms with Crippen LogP contribution in [0.5, 0.6) is 0 Å². The van der Waals surface area contributed by atoms with E-state index in [0.717, 1.165) is 5.56 Å². The van der Waals surface area contributed by atoms with E-state index < -0.39 is 6.04 Å². The van der Waals surface area contributed by atoms with E-state index in [2.05, 4.69) is 24.1 Å². The lowest BCUT2D eigenvalue weighted by Gasteiger charge is -2.36. The first kappa shape index (κ1) is 16.2. The molecule has 0 radical (unpaired) electrons. The van der Waals surface area contributed by atoms with Gasteiger partial charge >= 0.3 is 0 Å². The first-order valence-corrected chi connectivity index (χ1v) is 8.14. The molecule has 1 aliphatic heterocycles. The maximum atomic E-state index is 13.0. The molecule has 1 atom stereocenters. The van der Waals surface area contributed by atoms with Crippen molar-refractivity contribution in [2.75, 3.05) is 13.1 Å². The SMILES string of the molecule is CC(C)C[C@@H]1C(=O)NCCN1C(=O)c1cccc(-c2cnco2)c1. The first-order chi connectivity index (χ1) is 11.6. The second-order valence-corrected chi connectivity index (χ2v) is 6.38. The molecule has 126 valence electrons. The fraction of sp³-hybridized carbons (Fsp3) is 0.389. The van der Waals surface area contributed by atoms with Gasteiger partial charge in [0.2, 0.25) is 5.91 Å². The van der Waals surface area contributed by atoms with Crippen LogP contribution in [0, 0.1) is 5.92 Å². The summed E-state index contributed by atoms with van der Waals surface area (Å²) in [4.78, 5) is 30.7. The average molecular weight is 327 g/mol. The predicted molar refractivity (Wildman–Crippen MR) is 89.2 cm³/mol. The standard InChI is InChI=1S/C18H21N3O3/c1-12(2)8-15-17(22)20-6-7-21(15)18(23)14-5-3-4-13(9-14)16-10-19-11-24-16/h3-5,9-12,15H,6-8H2,1-2H3,(H,20,22)/t15-/m1/s1. The average Bonchev–Trinajstić information content (AvgIpc) is 3.10. The zero-order valence-corrected chi connectivity index (χ0v) is 13.9. The number of aromatic nitrogens is 1. The lowest BCUT2D eigenvalue weighted by Crippen LogP contribution is -2.57. The van der Waals surface area contributed by atoms with Gasteiger partial charge in [-0.3, -0.25) is 9.59 Å². The van der Waals surface area contributed by atoms with Crippen molar-refractivity contribution in [2.24, 2.45) is 5.92 Å². The number of carbonyl (C=O) groups is 2. The molecule has 1 saturated heterocycles. The summed E-state index contributed by atoms with van der Waals surface area (Å²) in [6.07, 6.45) is 3.62. The molecule has 1 aliphatic rings. The summed E-state index contributed by atoms with van der Waals surface area (Å²) < 4.78 is 5.29. The van der Waals surface area contributed by atoms with E-state index in [1.807, 2.05) is 12.1 Å². The number of piperazine rings is 1. The molecular weight excluding hydrogens is 306 g/mol. The van der Waals surface area contributed by atoms with Gasteiger partial charge in [0, 0.05) is 24.2 Å². The Hall–Kier alpha value is -2.63. The van der Waals surface area contributed by atoms with Gasteiger partial charge in [-0.1, -0.05) is 26.0 Å². The maximum absolute atomic E-state index is 13.0. The summed E-state index contributed by atoms with van der Waals surface area (Å²) in [5.41, 5.74) is 1.34. The fourth-order valence-electron chi connectivity index (χ4n) is 2.97. The van der Waals surface area contributed by atoms with Crippen LogP contribution in [0.25, 0.3) is 11.3 Å². The zero-order chi connectivity index (χ0) is 17.1. The van der Waals surface area contributed by atoms with E-state index in [9.17, 15) is 9.59 Å². The number of rotatable bonds is 4. The van der Waals surface area contributed by atoms with E-state index in [4.69, 9.17) is 4.42 Å². The maximum Gasteiger partial charge on any atom is 0.254 e. The number of carbonyl (C=O) groups excluding carboxylic acids is 2. The van der Waals surface area contributed by atoms with E-state index in [-0.39, 0.29) is 11.8 Å². The van der Waals surface area contributed by atoms with Gasteiger partial charge < -0.3 is 14.6 Å². The van der Waals surface area contributed by atoms with Crippen LogP contribution in [-0.2, 0) is 4.79 Å². The predicted octanol–water partition coefficient (Wildman–Crippen LogP) is 2.33. The Morgan fingerprint density at radius 3 is 3.00 bits per heavy atom. The van der Waals surface area contributed by atoms with E-state index >= 15 is 0 Å². The highest BCUT2D eigenvalue weighted by atomic mass is 16.3. The van der Waals surface area contributed by atoms with Crippen molar-refractivity contribution in [2.45, 2.75) is 26.3 Å². The molecule has 24 heavy (non-hydrogen) atoms. The van der Waals surface area contributed by atoms with Crippen LogP contribution in [0.2, 0.25) is 0 Å². The van der Waals surface area contributed by atoms with Gasteiger partial charge in [-0.25, -0.2) is 4.98 Å². The topological polar surface area (TPSA) is 75.4 Å². The zero-order valence-electron chi connectivity index (χ0n) is 13.9. The van der Waals surface area contributed by atoms with Crippen LogP contribution in [0.1, 0.15) is 30.6 Å². The van der Waals surface area contributed by atoms with Gasteiger partial charge in [0.1, 0.15) is 6.04 Å². The Kier molecular flexibility index (Phi) is 4.64. The molecule has 2 amide bonds. The molecule has 6 nitrogen and oxygen atoms in total. The van der Waals surface area contributed by atoms with Crippen molar-refractivity contribution in [3.05, 3.63) is 42.4 Å². The van der Waals surface area contributed by atoms with E-state index in [1.165, 1.54) is 6.39 Å². The minimum absolute atomic E-state index is 0.0744. The van der Waals surface area contributed by atoms with Gasteiger partial charge in [-0.05, 0) is 24.5 Å². The van der Waals surface area contributed by atoms with Gasteiger partial charge in [0.25, 0.3) is 5.91 Å². The van der Waals surface area contributed by atoms with Crippen LogP contribution in [-0.4, -0.2) is 40.8 Å². The highest BCUT2D eigenvalue weighted by Gasteiger charge is 2.33. The van der Waals surface area contributed by atoms with Crippen molar-refractivity contribution >= 4 is 11.8 Å². The number of hydrogen-bond donors (Lipinski definition) is 1. The number of oxazole rings is 1. The minimum Gasteiger partial charge on any atom is -0.444 e. The summed E-state index contributed by atoms with van der Waals surface area (Å²) in [6, 6.07) is 6.81. The van der Waals surface area contributed by atoms with Gasteiger partial charge in [0.15, 0.2) is 12.2 Å². The molecule has 2 aromatic rings. The van der Waals surface area contributed by atoms with Crippen LogP contribution in [0.15, 0.2) is 41.3 Å². The third-order valence-electron chi connectivity index (χ3n) is 4.11. The molecule has 0 bridgehead atoms. The Labute approximate surface area is 140 Å². The fourth-order valence-corrected chi connectivity index (χ4v) is 2.97. The van der Waals surface area contributed by atoms with Gasteiger partial charge in [0.05, 0.1) is 6.20 Å². The van der Waals surface area contributed by atoms with Gasteiger partial charge in [-0.15, -0.1) is 0 Å². The molecule has 1 fully saturated rings. The lowest BCUT2D eigenvalue weighted by atomic mass is 9.98. The lowest BCUT2D eigenvalue weighted by molar-refractivity contribution is -0.128. The molecule has 1 aromatic heterocycles. The highest BCUT2D eigenvalue weighted by molar-refractivity contribution is 5.99. The molecule has 0 saturated carbocycles. The smallest absolute Gasteiger partial charge is 0.254 e. The summed E-state index contributed by atoms with van der Waals surface area (Å²) in [5, 5.41) is 2.85. The van der Waals surface area contributed by atoms with Crippen molar-refractivity contribution in [3.8, 4) is 11.3 Å². The number of benzene rings is 1. The molecule has 1 aromatic carbocycles. The van der Waals surface area contributed by atoms with E-state index in [1.54, 1.807) is 23.2 Å². The van der Waals surface area contributed by atoms with E-state index in [0.29, 0.717) is 36.8 Å². The monoisotopic (exact) mass is 327 g/mol. The normalized spacial score (nSPS) is 17.9. The van der Waals surface area contributed by atoms with Crippen LogP contribution >= 0.6 is 0 Å². The first-order valence-electron chi connectivity index (χ1n) is 8.14. The van der Waals surface area contributed by atoms with Crippen LogP contribution < -0.4 is 5.32 Å². The second kappa shape index (κ2) is 6.86. The molecule has 0 spiro atoms. The summed E-state index contributed by atoms with van der Waals surface area (Å²) in [5.74, 6) is 0.737. The Morgan fingerprint density at radius 2 is 2.29 bits per heavy atom. The Bertz CT molecular complexity index is 725. The van der Waals surface area contributed by atoms with Crippen molar-refractivity contribution in [1.82, 2.24) is 15.2 Å². The van der Waals surface area contributed by atoms with Crippen LogP contribution in [0.4, 0.5) is 0 Å². The van der Waals surface area contributed by atoms with Crippen molar-refractivity contribution < 1.29 is 14.0 Å². The Balaban J connectivity index is 1.87. The third kappa shape index (κ3) is 3.32. The largest absolute Gasteiger partial charge is 0.444 e. The third-order valence-corrected chi connectivity index (χ3v) is 4.11. The van der Waals surface area contributed by atoms with Gasteiger partial charge in [-0.2, -0.15) is 0 Å². The Morgan fingerprint density at radius 1 is 1.46 bits per heavy atom. The summed E-state index contributed by atoms with van der Waals surface area (Å²) >= 11 is 0. The molecule has 6 heteroatoms. The number of hydrogen-bond acceptors (Lipinski definition) is 4. The van der Waals surface area contributed by atoms with Crippen molar-refractivity contribution in [3.63, 3.8) is 0 Å². The van der Waals surface area contributed by atoms with Crippen molar-refractivity contribution in [1.29, 1.82) is 0 Å². The summed E-state index contributed by atoms with van der Waals surface area (Å²) in [6.45, 7) is 5.11. The quantitative estimate of drug-likeness (QED) is 0.935. The van der Waals surface area contributed by atoms with Crippen LogP contribution in [0.3, 0.4) is 0 Å². The molecule has 2 heterocycles. The second-order valence-electron chi connectivity index (χ2n) is 6.38. The minimum atomic E-state index is -0.416. The molecule has 1 N–H and O–H groups in total. The highest BCUT2D eigenvalue weighted by Crippen LogP contribution is 2.22.